The smallest absolute Gasteiger partial charge is 0.135 e. The van der Waals surface area contributed by atoms with Gasteiger partial charge >= 0.3 is 0 Å². The van der Waals surface area contributed by atoms with Crippen molar-refractivity contribution in [3.8, 4) is 17.3 Å². The average Bonchev–Trinajstić information content (AvgIpc) is 3.94. The molecule has 0 N–H and O–H groups in total. The van der Waals surface area contributed by atoms with Gasteiger partial charge in [-0.3, -0.25) is 0 Å². The van der Waals surface area contributed by atoms with Crippen molar-refractivity contribution in [1.82, 2.24) is 9.55 Å². The molecule has 6 heteroatoms. The molecule has 0 amide bonds. The maximum absolute atomic E-state index is 6.81. The van der Waals surface area contributed by atoms with Crippen molar-refractivity contribution in [3.05, 3.63) is 258 Å². The Morgan fingerprint density at radius 2 is 1.00 bits per heavy atom. The van der Waals surface area contributed by atoms with E-state index in [0.717, 1.165) is 50.4 Å². The predicted octanol–water partition coefficient (Wildman–Crippen LogP) is 17.3. The van der Waals surface area contributed by atoms with E-state index in [2.05, 4.69) is 277 Å². The Bertz CT molecular complexity index is 3610. The van der Waals surface area contributed by atoms with E-state index in [0.29, 0.717) is 11.5 Å². The summed E-state index contributed by atoms with van der Waals surface area (Å²) in [7, 11) is 0. The zero-order valence-electron chi connectivity index (χ0n) is 43.1. The molecule has 1 aliphatic rings. The molecule has 10 aromatic rings. The van der Waals surface area contributed by atoms with Crippen LogP contribution in [0.3, 0.4) is 0 Å². The number of benzene rings is 8. The minimum Gasteiger partial charge on any atom is -0.509 e. The minimum atomic E-state index is -0.344. The van der Waals surface area contributed by atoms with Gasteiger partial charge in [-0.15, -0.1) is 48.1 Å². The van der Waals surface area contributed by atoms with Crippen molar-refractivity contribution in [1.29, 1.82) is 0 Å². The third-order valence-corrected chi connectivity index (χ3v) is 15.2. The maximum atomic E-state index is 6.81. The summed E-state index contributed by atoms with van der Waals surface area (Å²) in [4.78, 5) is 9.60. The van der Waals surface area contributed by atoms with Gasteiger partial charge in [0.1, 0.15) is 5.82 Å². The first-order valence-electron chi connectivity index (χ1n) is 25.1. The molecule has 0 radical (unpaired) electrons. The van der Waals surface area contributed by atoms with Crippen LogP contribution >= 0.6 is 0 Å². The zero-order chi connectivity index (χ0) is 50.0. The molecule has 0 spiro atoms. The number of hydrogen-bond donors (Lipinski definition) is 0. The fourth-order valence-electron chi connectivity index (χ4n) is 10.7. The van der Waals surface area contributed by atoms with E-state index in [1.54, 1.807) is 0 Å². The SMILES string of the molecule is CC(C)(C)c1cccc(N2[CH-]N(c3[c-]c(Oc4[c-]c5c(cc4)c4ccccc4n5-c4cc(C(C)(C)c5ccccc5)ccn4)ccc3)c3cc(C(C)(C)c4ccccc4)c(C(C)(C)c4ccccc4)cc32)c1.[Pt]. The summed E-state index contributed by atoms with van der Waals surface area (Å²) < 4.78 is 9.02. The van der Waals surface area contributed by atoms with Crippen LogP contribution in [-0.2, 0) is 42.7 Å². The molecule has 368 valence electrons. The van der Waals surface area contributed by atoms with E-state index in [4.69, 9.17) is 9.72 Å². The molecule has 0 aliphatic carbocycles. The fourth-order valence-corrected chi connectivity index (χ4v) is 10.7. The molecule has 0 unspecified atom stereocenters. The number of rotatable bonds is 11. The Kier molecular flexibility index (Phi) is 12.9. The fraction of sp³-hybridized carbons (Fsp3) is 0.194. The number of hydrogen-bond acceptors (Lipinski definition) is 4. The molecule has 11 rings (SSSR count). The molecular formula is C67H61N4OPt-3. The molecular weight excluding hydrogens is 1070 g/mol. The zero-order valence-corrected chi connectivity index (χ0v) is 45.4. The van der Waals surface area contributed by atoms with Crippen LogP contribution in [0.4, 0.5) is 22.7 Å². The normalized spacial score (nSPS) is 13.1. The van der Waals surface area contributed by atoms with Crippen molar-refractivity contribution < 1.29 is 25.8 Å². The molecule has 0 fully saturated rings. The molecule has 0 bridgehead atoms. The Morgan fingerprint density at radius 1 is 0.452 bits per heavy atom. The van der Waals surface area contributed by atoms with E-state index >= 15 is 0 Å². The average molecular weight is 1130 g/mol. The van der Waals surface area contributed by atoms with E-state index in [9.17, 15) is 0 Å². The van der Waals surface area contributed by atoms with Crippen LogP contribution in [0, 0.1) is 18.8 Å². The van der Waals surface area contributed by atoms with Gasteiger partial charge < -0.3 is 19.1 Å². The molecule has 8 aromatic carbocycles. The summed E-state index contributed by atoms with van der Waals surface area (Å²) in [6.07, 6.45) is 1.92. The van der Waals surface area contributed by atoms with Gasteiger partial charge in [0.2, 0.25) is 0 Å². The predicted molar refractivity (Wildman–Crippen MR) is 299 cm³/mol. The largest absolute Gasteiger partial charge is 0.509 e. The molecule has 73 heavy (non-hydrogen) atoms. The quantitative estimate of drug-likeness (QED) is 0.121. The van der Waals surface area contributed by atoms with Gasteiger partial charge in [0, 0.05) is 77.6 Å². The summed E-state index contributed by atoms with van der Waals surface area (Å²) >= 11 is 0. The van der Waals surface area contributed by atoms with Crippen LogP contribution in [0.5, 0.6) is 11.5 Å². The summed E-state index contributed by atoms with van der Waals surface area (Å²) in [6.45, 7) is 23.0. The van der Waals surface area contributed by atoms with Crippen LogP contribution in [-0.4, -0.2) is 9.55 Å². The second kappa shape index (κ2) is 19.0. The molecule has 1 aliphatic heterocycles. The summed E-state index contributed by atoms with van der Waals surface area (Å²) in [5, 5.41) is 2.21. The number of aromatic nitrogens is 2. The van der Waals surface area contributed by atoms with Gasteiger partial charge in [0.15, 0.2) is 0 Å². The van der Waals surface area contributed by atoms with Crippen LogP contribution in [0.15, 0.2) is 200 Å². The third kappa shape index (κ3) is 8.97. The molecule has 2 aromatic heterocycles. The second-order valence-electron chi connectivity index (χ2n) is 21.9. The van der Waals surface area contributed by atoms with Crippen LogP contribution in [0.25, 0.3) is 27.6 Å². The van der Waals surface area contributed by atoms with Crippen molar-refractivity contribution in [2.24, 2.45) is 0 Å². The van der Waals surface area contributed by atoms with Crippen molar-refractivity contribution in [2.75, 3.05) is 9.80 Å². The summed E-state index contributed by atoms with van der Waals surface area (Å²) in [5.41, 5.74) is 13.9. The third-order valence-electron chi connectivity index (χ3n) is 15.2. The molecule has 0 saturated heterocycles. The Labute approximate surface area is 446 Å². The number of fused-ring (bicyclic) bond motifs is 4. The maximum Gasteiger partial charge on any atom is 0.135 e. The number of ether oxygens (including phenoxy) is 1. The molecule has 0 atom stereocenters. The van der Waals surface area contributed by atoms with E-state index in [1.165, 1.54) is 38.9 Å². The Morgan fingerprint density at radius 3 is 1.63 bits per heavy atom. The van der Waals surface area contributed by atoms with Gasteiger partial charge in [-0.25, -0.2) is 4.98 Å². The molecule has 0 saturated carbocycles. The van der Waals surface area contributed by atoms with Crippen molar-refractivity contribution in [2.45, 2.75) is 84.0 Å². The molecule has 5 nitrogen and oxygen atoms in total. The van der Waals surface area contributed by atoms with E-state index in [-0.39, 0.29) is 42.7 Å². The number of para-hydroxylation sites is 1. The second-order valence-corrected chi connectivity index (χ2v) is 21.9. The van der Waals surface area contributed by atoms with Gasteiger partial charge in [-0.05, 0) is 92.2 Å². The van der Waals surface area contributed by atoms with E-state index in [1.807, 2.05) is 18.3 Å². The first-order valence-corrected chi connectivity index (χ1v) is 25.1. The van der Waals surface area contributed by atoms with E-state index < -0.39 is 0 Å². The van der Waals surface area contributed by atoms with Crippen LogP contribution in [0.2, 0.25) is 0 Å². The number of pyridine rings is 1. The van der Waals surface area contributed by atoms with Crippen molar-refractivity contribution in [3.63, 3.8) is 0 Å². The van der Waals surface area contributed by atoms with Gasteiger partial charge in [-0.1, -0.05) is 189 Å². The Hall–Kier alpha value is -7.20. The topological polar surface area (TPSA) is 33.5 Å². The first kappa shape index (κ1) is 49.4. The Balaban J connectivity index is 0.00000611. The van der Waals surface area contributed by atoms with Crippen LogP contribution < -0.4 is 14.5 Å². The summed E-state index contributed by atoms with van der Waals surface area (Å²) in [5.74, 6) is 2.01. The summed E-state index contributed by atoms with van der Waals surface area (Å²) in [6, 6.07) is 76.8. The number of nitrogens with zero attached hydrogens (tertiary/aromatic N) is 4. The minimum absolute atomic E-state index is 0. The molecule has 3 heterocycles. The number of anilines is 4. The monoisotopic (exact) mass is 1130 g/mol. The van der Waals surface area contributed by atoms with Crippen LogP contribution in [0.1, 0.15) is 101 Å². The van der Waals surface area contributed by atoms with Gasteiger partial charge in [0.25, 0.3) is 0 Å². The van der Waals surface area contributed by atoms with Crippen molar-refractivity contribution >= 4 is 44.6 Å². The standard InChI is InChI=1S/C67H61N4O.Pt/c1-64(2,3)49-29-21-30-51(39-49)69-45-70(62-44-58(67(8,9)48-27-17-12-18-28-48)57(43-61(62)69)66(6,7)47-25-15-11-16-26-47)52-31-22-32-53(41-52)72-54-35-36-56-55-33-19-20-34-59(55)71(60(56)42-54)63-40-50(37-38-68-63)65(4,5)46-23-13-10-14-24-46;/h10-40,43-45H,1-9H3;/q-3;. The van der Waals surface area contributed by atoms with Gasteiger partial charge in [0.05, 0.1) is 0 Å². The first-order chi connectivity index (χ1) is 34.6. The van der Waals surface area contributed by atoms with Gasteiger partial charge in [-0.2, -0.15) is 12.1 Å².